The van der Waals surface area contributed by atoms with Crippen LogP contribution >= 0.6 is 11.6 Å². The van der Waals surface area contributed by atoms with Gasteiger partial charge in [-0.3, -0.25) is 4.79 Å². The first kappa shape index (κ1) is 10.0. The third-order valence-electron chi connectivity index (χ3n) is 1.75. The molecule has 0 bridgehead atoms. The van der Waals surface area contributed by atoms with Crippen LogP contribution in [0.2, 0.25) is 5.02 Å². The van der Waals surface area contributed by atoms with E-state index in [1.54, 1.807) is 18.2 Å². The lowest BCUT2D eigenvalue weighted by Gasteiger charge is -2.00. The van der Waals surface area contributed by atoms with Gasteiger partial charge < -0.3 is 0 Å². The van der Waals surface area contributed by atoms with Gasteiger partial charge in [0.2, 0.25) is 0 Å². The molecule has 13 heavy (non-hydrogen) atoms. The first-order valence-electron chi connectivity index (χ1n) is 4.14. The van der Waals surface area contributed by atoms with Crippen molar-refractivity contribution < 1.29 is 4.79 Å². The molecule has 0 saturated heterocycles. The average molecular weight is 195 g/mol. The van der Waals surface area contributed by atoms with Crippen LogP contribution < -0.4 is 0 Å². The molecule has 0 fully saturated rings. The molecule has 0 heterocycles. The van der Waals surface area contributed by atoms with Crippen molar-refractivity contribution in [2.24, 2.45) is 0 Å². The summed E-state index contributed by atoms with van der Waals surface area (Å²) < 4.78 is 0. The number of hydrogen-bond donors (Lipinski definition) is 0. The smallest absolute Gasteiger partial charge is 0.164 e. The van der Waals surface area contributed by atoms with Gasteiger partial charge in [0.05, 0.1) is 5.02 Å². The highest BCUT2D eigenvalue weighted by atomic mass is 35.5. The van der Waals surface area contributed by atoms with E-state index in [1.165, 1.54) is 0 Å². The van der Waals surface area contributed by atoms with Crippen molar-refractivity contribution in [3.05, 3.63) is 47.5 Å². The number of hydrogen-bond acceptors (Lipinski definition) is 1. The Kier molecular flexibility index (Phi) is 3.71. The fourth-order valence-corrected chi connectivity index (χ4v) is 1.30. The van der Waals surface area contributed by atoms with E-state index in [-0.39, 0.29) is 5.78 Å². The Morgan fingerprint density at radius 1 is 1.46 bits per heavy atom. The van der Waals surface area contributed by atoms with Gasteiger partial charge in [0.15, 0.2) is 5.78 Å². The van der Waals surface area contributed by atoms with E-state index in [4.69, 9.17) is 11.6 Å². The molecule has 0 amide bonds. The quantitative estimate of drug-likeness (QED) is 0.530. The van der Waals surface area contributed by atoms with E-state index >= 15 is 0 Å². The Morgan fingerprint density at radius 3 is 2.77 bits per heavy atom. The van der Waals surface area contributed by atoms with Crippen LogP contribution in [0.4, 0.5) is 0 Å². The summed E-state index contributed by atoms with van der Waals surface area (Å²) in [5.41, 5.74) is 0.603. The van der Waals surface area contributed by atoms with Gasteiger partial charge in [0.25, 0.3) is 0 Å². The van der Waals surface area contributed by atoms with E-state index < -0.39 is 0 Å². The molecular formula is C11H11ClO. The molecule has 1 rings (SSSR count). The van der Waals surface area contributed by atoms with Crippen molar-refractivity contribution in [3.8, 4) is 0 Å². The van der Waals surface area contributed by atoms with Crippen LogP contribution in [-0.4, -0.2) is 5.78 Å². The number of allylic oxidation sites excluding steroid dienone is 1. The summed E-state index contributed by atoms with van der Waals surface area (Å²) in [6.45, 7) is 3.56. The molecule has 1 nitrogen and oxygen atoms in total. The Morgan fingerprint density at radius 2 is 2.15 bits per heavy atom. The fraction of sp³-hybridized carbons (Fsp3) is 0.182. The summed E-state index contributed by atoms with van der Waals surface area (Å²) in [7, 11) is 0. The molecule has 2 heteroatoms. The van der Waals surface area contributed by atoms with Crippen LogP contribution in [0.3, 0.4) is 0 Å². The third-order valence-corrected chi connectivity index (χ3v) is 2.08. The first-order valence-corrected chi connectivity index (χ1v) is 4.52. The van der Waals surface area contributed by atoms with E-state index in [2.05, 4.69) is 6.58 Å². The summed E-state index contributed by atoms with van der Waals surface area (Å²) in [6.07, 6.45) is 2.91. The summed E-state index contributed by atoms with van der Waals surface area (Å²) in [5.74, 6) is 0.0745. The zero-order valence-electron chi connectivity index (χ0n) is 7.29. The van der Waals surface area contributed by atoms with Gasteiger partial charge in [0.1, 0.15) is 0 Å². The van der Waals surface area contributed by atoms with Crippen LogP contribution in [0.25, 0.3) is 0 Å². The van der Waals surface area contributed by atoms with Crippen LogP contribution in [-0.2, 0) is 0 Å². The SMILES string of the molecule is C=CCCC(=O)c1ccccc1Cl. The maximum atomic E-state index is 11.5. The van der Waals surface area contributed by atoms with E-state index in [0.717, 1.165) is 0 Å². The number of rotatable bonds is 4. The Bertz CT molecular complexity index is 318. The number of Topliss-reactive ketones (excluding diaryl/α,β-unsaturated/α-hetero) is 1. The molecule has 0 spiro atoms. The Balaban J connectivity index is 2.76. The Labute approximate surface area is 83.0 Å². The molecule has 1 aromatic carbocycles. The molecule has 0 aliphatic carbocycles. The highest BCUT2D eigenvalue weighted by molar-refractivity contribution is 6.33. The van der Waals surface area contributed by atoms with Crippen molar-refractivity contribution in [1.82, 2.24) is 0 Å². The van der Waals surface area contributed by atoms with Crippen molar-refractivity contribution in [2.45, 2.75) is 12.8 Å². The average Bonchev–Trinajstić information content (AvgIpc) is 2.15. The maximum Gasteiger partial charge on any atom is 0.164 e. The minimum atomic E-state index is 0.0745. The number of ketones is 1. The molecule has 0 aromatic heterocycles. The molecule has 0 unspecified atom stereocenters. The van der Waals surface area contributed by atoms with E-state index in [1.807, 2.05) is 12.1 Å². The lowest BCUT2D eigenvalue weighted by Crippen LogP contribution is -1.98. The standard InChI is InChI=1S/C11H11ClO/c1-2-3-8-11(13)9-6-4-5-7-10(9)12/h2,4-7H,1,3,8H2. The van der Waals surface area contributed by atoms with Crippen molar-refractivity contribution in [1.29, 1.82) is 0 Å². The molecule has 0 radical (unpaired) electrons. The minimum Gasteiger partial charge on any atom is -0.294 e. The summed E-state index contributed by atoms with van der Waals surface area (Å²) >= 11 is 5.85. The normalized spacial score (nSPS) is 9.62. The monoisotopic (exact) mass is 194 g/mol. The topological polar surface area (TPSA) is 17.1 Å². The van der Waals surface area contributed by atoms with E-state index in [9.17, 15) is 4.79 Å². The first-order chi connectivity index (χ1) is 6.25. The van der Waals surface area contributed by atoms with Gasteiger partial charge >= 0.3 is 0 Å². The zero-order chi connectivity index (χ0) is 9.68. The van der Waals surface area contributed by atoms with Gasteiger partial charge in [-0.1, -0.05) is 29.8 Å². The highest BCUT2D eigenvalue weighted by Crippen LogP contribution is 2.17. The van der Waals surface area contributed by atoms with E-state index in [0.29, 0.717) is 23.4 Å². The second-order valence-corrected chi connectivity index (χ2v) is 3.14. The molecule has 0 saturated carbocycles. The number of carbonyl (C=O) groups excluding carboxylic acids is 1. The van der Waals surface area contributed by atoms with Crippen molar-refractivity contribution >= 4 is 17.4 Å². The molecule has 0 atom stereocenters. The lowest BCUT2D eigenvalue weighted by atomic mass is 10.1. The van der Waals surface area contributed by atoms with Crippen LogP contribution in [0.5, 0.6) is 0 Å². The third kappa shape index (κ3) is 2.71. The van der Waals surface area contributed by atoms with Gasteiger partial charge in [-0.15, -0.1) is 6.58 Å². The maximum absolute atomic E-state index is 11.5. The molecule has 1 aromatic rings. The van der Waals surface area contributed by atoms with Crippen LogP contribution in [0.1, 0.15) is 23.2 Å². The molecular weight excluding hydrogens is 184 g/mol. The van der Waals surface area contributed by atoms with Crippen molar-refractivity contribution in [2.75, 3.05) is 0 Å². The van der Waals surface area contributed by atoms with Gasteiger partial charge in [-0.25, -0.2) is 0 Å². The Hall–Kier alpha value is -1.08. The second-order valence-electron chi connectivity index (χ2n) is 2.73. The summed E-state index contributed by atoms with van der Waals surface area (Å²) in [4.78, 5) is 11.5. The highest BCUT2D eigenvalue weighted by Gasteiger charge is 2.07. The number of halogens is 1. The fourth-order valence-electron chi connectivity index (χ4n) is 1.06. The zero-order valence-corrected chi connectivity index (χ0v) is 8.05. The molecule has 68 valence electrons. The van der Waals surface area contributed by atoms with Crippen LogP contribution in [0, 0.1) is 0 Å². The summed E-state index contributed by atoms with van der Waals surface area (Å²) in [6, 6.07) is 7.09. The largest absolute Gasteiger partial charge is 0.294 e. The van der Waals surface area contributed by atoms with Crippen molar-refractivity contribution in [3.63, 3.8) is 0 Å². The predicted octanol–water partition coefficient (Wildman–Crippen LogP) is 3.49. The number of carbonyl (C=O) groups is 1. The second kappa shape index (κ2) is 4.83. The summed E-state index contributed by atoms with van der Waals surface area (Å²) in [5, 5.41) is 0.525. The van der Waals surface area contributed by atoms with Crippen LogP contribution in [0.15, 0.2) is 36.9 Å². The number of benzene rings is 1. The predicted molar refractivity (Wildman–Crippen MR) is 55.2 cm³/mol. The van der Waals surface area contributed by atoms with Gasteiger partial charge in [-0.2, -0.15) is 0 Å². The molecule has 0 N–H and O–H groups in total. The molecule has 0 aliphatic rings. The minimum absolute atomic E-state index is 0.0745. The van der Waals surface area contributed by atoms with Gasteiger partial charge in [0, 0.05) is 12.0 Å². The lowest BCUT2D eigenvalue weighted by molar-refractivity contribution is 0.0984. The molecule has 0 aliphatic heterocycles. The van der Waals surface area contributed by atoms with Gasteiger partial charge in [-0.05, 0) is 18.6 Å².